The lowest BCUT2D eigenvalue weighted by Crippen LogP contribution is -2.26. The molecule has 6 heteroatoms. The van der Waals surface area contributed by atoms with Gasteiger partial charge in [0, 0.05) is 13.6 Å². The minimum atomic E-state index is -3.54. The number of rotatable bonds is 7. The van der Waals surface area contributed by atoms with Gasteiger partial charge in [0.2, 0.25) is 10.0 Å². The molecule has 0 saturated heterocycles. The first-order valence-corrected chi connectivity index (χ1v) is 9.15. The minimum absolute atomic E-state index is 0.249. The molecule has 0 aliphatic rings. The summed E-state index contributed by atoms with van der Waals surface area (Å²) in [5.41, 5.74) is 1.74. The van der Waals surface area contributed by atoms with E-state index in [0.717, 1.165) is 11.1 Å². The Hall–Kier alpha value is -2.05. The van der Waals surface area contributed by atoms with E-state index < -0.39 is 10.0 Å². The summed E-state index contributed by atoms with van der Waals surface area (Å²) in [6.07, 6.45) is 0. The average molecular weight is 349 g/mol. The Bertz CT molecular complexity index is 802. The fourth-order valence-corrected chi connectivity index (χ4v) is 3.65. The Balaban J connectivity index is 2.24. The second-order valence-corrected chi connectivity index (χ2v) is 7.54. The van der Waals surface area contributed by atoms with E-state index >= 15 is 0 Å². The molecule has 0 saturated carbocycles. The molecule has 0 unspecified atom stereocenters. The summed E-state index contributed by atoms with van der Waals surface area (Å²) in [6.45, 7) is 4.56. The molecule has 5 nitrogen and oxygen atoms in total. The molecule has 0 bridgehead atoms. The van der Waals surface area contributed by atoms with Crippen LogP contribution >= 0.6 is 0 Å². The molecule has 0 aromatic heterocycles. The van der Waals surface area contributed by atoms with Gasteiger partial charge in [-0.3, -0.25) is 0 Å². The van der Waals surface area contributed by atoms with Crippen LogP contribution in [0.2, 0.25) is 0 Å². The molecule has 0 N–H and O–H groups in total. The standard InChI is InChI=1S/C18H23NO4S/c1-5-23-17-10-9-15(12-18(17)22-4)13-19(3)24(20,21)16-8-6-7-14(2)11-16/h6-12H,5,13H2,1-4H3. The van der Waals surface area contributed by atoms with E-state index in [4.69, 9.17) is 9.47 Å². The molecule has 0 amide bonds. The third-order valence-electron chi connectivity index (χ3n) is 3.63. The van der Waals surface area contributed by atoms with E-state index in [9.17, 15) is 8.42 Å². The van der Waals surface area contributed by atoms with Gasteiger partial charge in [0.1, 0.15) is 0 Å². The quantitative estimate of drug-likeness (QED) is 0.770. The first-order valence-electron chi connectivity index (χ1n) is 7.71. The Labute approximate surface area is 143 Å². The highest BCUT2D eigenvalue weighted by Gasteiger charge is 2.21. The van der Waals surface area contributed by atoms with Crippen LogP contribution in [-0.2, 0) is 16.6 Å². The van der Waals surface area contributed by atoms with Crippen LogP contribution in [0.5, 0.6) is 11.5 Å². The van der Waals surface area contributed by atoms with Crippen molar-refractivity contribution in [3.05, 3.63) is 53.6 Å². The second kappa shape index (κ2) is 7.68. The van der Waals surface area contributed by atoms with Gasteiger partial charge in [-0.15, -0.1) is 0 Å². The Morgan fingerprint density at radius 1 is 1.08 bits per heavy atom. The van der Waals surface area contributed by atoms with Crippen molar-refractivity contribution in [2.24, 2.45) is 0 Å². The number of hydrogen-bond acceptors (Lipinski definition) is 4. The molecule has 0 aliphatic carbocycles. The van der Waals surface area contributed by atoms with Crippen molar-refractivity contribution >= 4 is 10.0 Å². The predicted octanol–water partition coefficient (Wildman–Crippen LogP) is 3.22. The number of hydrogen-bond donors (Lipinski definition) is 0. The molecule has 0 aliphatic heterocycles. The summed E-state index contributed by atoms with van der Waals surface area (Å²) >= 11 is 0. The van der Waals surface area contributed by atoms with Gasteiger partial charge in [0.25, 0.3) is 0 Å². The van der Waals surface area contributed by atoms with Crippen LogP contribution in [0, 0.1) is 6.92 Å². The fourth-order valence-electron chi connectivity index (χ4n) is 2.38. The highest BCUT2D eigenvalue weighted by atomic mass is 32.2. The number of aryl methyl sites for hydroxylation is 1. The van der Waals surface area contributed by atoms with Crippen LogP contribution in [0.1, 0.15) is 18.1 Å². The van der Waals surface area contributed by atoms with Gasteiger partial charge in [-0.05, 0) is 49.2 Å². The number of nitrogens with zero attached hydrogens (tertiary/aromatic N) is 1. The maximum atomic E-state index is 12.7. The molecule has 2 aromatic carbocycles. The van der Waals surface area contributed by atoms with Crippen molar-refractivity contribution in [1.29, 1.82) is 0 Å². The van der Waals surface area contributed by atoms with Crippen molar-refractivity contribution in [3.8, 4) is 11.5 Å². The average Bonchev–Trinajstić information content (AvgIpc) is 2.56. The lowest BCUT2D eigenvalue weighted by atomic mass is 10.2. The number of sulfonamides is 1. The van der Waals surface area contributed by atoms with E-state index in [2.05, 4.69) is 0 Å². The molecule has 24 heavy (non-hydrogen) atoms. The van der Waals surface area contributed by atoms with Gasteiger partial charge >= 0.3 is 0 Å². The van der Waals surface area contributed by atoms with Crippen molar-refractivity contribution in [1.82, 2.24) is 4.31 Å². The van der Waals surface area contributed by atoms with Gasteiger partial charge in [0.05, 0.1) is 18.6 Å². The van der Waals surface area contributed by atoms with Crippen molar-refractivity contribution in [2.75, 3.05) is 20.8 Å². The van der Waals surface area contributed by atoms with Crippen molar-refractivity contribution < 1.29 is 17.9 Å². The summed E-state index contributed by atoms with van der Waals surface area (Å²) in [7, 11) is -0.404. The van der Waals surface area contributed by atoms with Crippen molar-refractivity contribution in [2.45, 2.75) is 25.3 Å². The van der Waals surface area contributed by atoms with E-state index in [1.165, 1.54) is 4.31 Å². The van der Waals surface area contributed by atoms with E-state index in [0.29, 0.717) is 23.0 Å². The molecule has 2 rings (SSSR count). The predicted molar refractivity (Wildman–Crippen MR) is 94.0 cm³/mol. The normalized spacial score (nSPS) is 11.5. The van der Waals surface area contributed by atoms with Crippen molar-refractivity contribution in [3.63, 3.8) is 0 Å². The largest absolute Gasteiger partial charge is 0.493 e. The number of benzene rings is 2. The molecule has 0 heterocycles. The third-order valence-corrected chi connectivity index (χ3v) is 5.43. The highest BCUT2D eigenvalue weighted by molar-refractivity contribution is 7.89. The Kier molecular flexibility index (Phi) is 5.85. The first-order chi connectivity index (χ1) is 11.4. The molecule has 130 valence electrons. The molecule has 2 aromatic rings. The van der Waals surface area contributed by atoms with Gasteiger partial charge in [-0.25, -0.2) is 8.42 Å². The number of methoxy groups -OCH3 is 1. The molecular weight excluding hydrogens is 326 g/mol. The molecule has 0 atom stereocenters. The summed E-state index contributed by atoms with van der Waals surface area (Å²) in [6, 6.07) is 12.3. The van der Waals surface area contributed by atoms with E-state index in [1.807, 2.05) is 26.0 Å². The third kappa shape index (κ3) is 4.07. The maximum Gasteiger partial charge on any atom is 0.243 e. The molecule has 0 fully saturated rings. The van der Waals surface area contributed by atoms with Gasteiger partial charge < -0.3 is 9.47 Å². The fraction of sp³-hybridized carbons (Fsp3) is 0.333. The summed E-state index contributed by atoms with van der Waals surface area (Å²) in [5, 5.41) is 0. The number of ether oxygens (including phenoxy) is 2. The zero-order chi connectivity index (χ0) is 17.7. The molecule has 0 radical (unpaired) electrons. The highest BCUT2D eigenvalue weighted by Crippen LogP contribution is 2.29. The summed E-state index contributed by atoms with van der Waals surface area (Å²) < 4.78 is 37.5. The SMILES string of the molecule is CCOc1ccc(CN(C)S(=O)(=O)c2cccc(C)c2)cc1OC. The van der Waals surface area contributed by atoms with Crippen LogP contribution < -0.4 is 9.47 Å². The maximum absolute atomic E-state index is 12.7. The zero-order valence-corrected chi connectivity index (χ0v) is 15.3. The topological polar surface area (TPSA) is 55.8 Å². The molecular formula is C18H23NO4S. The summed E-state index contributed by atoms with van der Waals surface area (Å²) in [4.78, 5) is 0.294. The summed E-state index contributed by atoms with van der Waals surface area (Å²) in [5.74, 6) is 1.24. The van der Waals surface area contributed by atoms with Crippen LogP contribution in [0.15, 0.2) is 47.4 Å². The van der Waals surface area contributed by atoms with E-state index in [-0.39, 0.29) is 6.54 Å². The first kappa shape index (κ1) is 18.3. The van der Waals surface area contributed by atoms with Gasteiger partial charge in [0.15, 0.2) is 11.5 Å². The van der Waals surface area contributed by atoms with Crippen LogP contribution in [-0.4, -0.2) is 33.5 Å². The van der Waals surface area contributed by atoms with Gasteiger partial charge in [-0.2, -0.15) is 4.31 Å². The zero-order valence-electron chi connectivity index (χ0n) is 14.4. The molecule has 0 spiro atoms. The van der Waals surface area contributed by atoms with E-state index in [1.54, 1.807) is 44.5 Å². The van der Waals surface area contributed by atoms with Crippen LogP contribution in [0.4, 0.5) is 0 Å². The lowest BCUT2D eigenvalue weighted by Gasteiger charge is -2.18. The van der Waals surface area contributed by atoms with Crippen LogP contribution in [0.25, 0.3) is 0 Å². The smallest absolute Gasteiger partial charge is 0.243 e. The second-order valence-electron chi connectivity index (χ2n) is 5.50. The monoisotopic (exact) mass is 349 g/mol. The minimum Gasteiger partial charge on any atom is -0.493 e. The van der Waals surface area contributed by atoms with Gasteiger partial charge in [-0.1, -0.05) is 18.2 Å². The Morgan fingerprint density at radius 3 is 2.46 bits per heavy atom. The lowest BCUT2D eigenvalue weighted by molar-refractivity contribution is 0.310. The van der Waals surface area contributed by atoms with Crippen LogP contribution in [0.3, 0.4) is 0 Å². The Morgan fingerprint density at radius 2 is 1.83 bits per heavy atom.